The van der Waals surface area contributed by atoms with Crippen molar-refractivity contribution < 1.29 is 22.4 Å². The highest BCUT2D eigenvalue weighted by Gasteiger charge is 2.31. The summed E-state index contributed by atoms with van der Waals surface area (Å²) >= 11 is 0. The topological polar surface area (TPSA) is 46.4 Å². The Hall–Kier alpha value is -2.90. The largest absolute Gasteiger partial charge is 0.417 e. The van der Waals surface area contributed by atoms with Crippen LogP contribution in [0.25, 0.3) is 5.65 Å². The van der Waals surface area contributed by atoms with Crippen LogP contribution >= 0.6 is 0 Å². The van der Waals surface area contributed by atoms with Crippen LogP contribution in [0.4, 0.5) is 17.6 Å². The number of nitrogens with one attached hydrogen (secondary N) is 1. The summed E-state index contributed by atoms with van der Waals surface area (Å²) in [5, 5.41) is 2.61. The van der Waals surface area contributed by atoms with E-state index in [4.69, 9.17) is 0 Å². The van der Waals surface area contributed by atoms with E-state index in [1.807, 2.05) is 0 Å². The predicted octanol–water partition coefficient (Wildman–Crippen LogP) is 3.73. The summed E-state index contributed by atoms with van der Waals surface area (Å²) in [5.41, 5.74) is 0.388. The number of rotatable bonds is 3. The maximum Gasteiger partial charge on any atom is 0.417 e. The van der Waals surface area contributed by atoms with Gasteiger partial charge in [0.05, 0.1) is 11.3 Å². The van der Waals surface area contributed by atoms with Gasteiger partial charge in [-0.25, -0.2) is 9.37 Å². The quantitative estimate of drug-likeness (QED) is 0.731. The Labute approximate surface area is 140 Å². The van der Waals surface area contributed by atoms with Gasteiger partial charge in [-0.2, -0.15) is 13.2 Å². The van der Waals surface area contributed by atoms with Gasteiger partial charge in [0.2, 0.25) is 0 Å². The number of aryl methyl sites for hydroxylation is 1. The molecule has 25 heavy (non-hydrogen) atoms. The zero-order chi connectivity index (χ0) is 18.2. The molecule has 130 valence electrons. The number of hydrogen-bond donors (Lipinski definition) is 1. The Morgan fingerprint density at radius 1 is 1.16 bits per heavy atom. The van der Waals surface area contributed by atoms with Gasteiger partial charge in [0.25, 0.3) is 5.91 Å². The van der Waals surface area contributed by atoms with Gasteiger partial charge in [-0.05, 0) is 36.8 Å². The molecular weight excluding hydrogens is 338 g/mol. The lowest BCUT2D eigenvalue weighted by Crippen LogP contribution is -2.25. The van der Waals surface area contributed by atoms with Crippen molar-refractivity contribution in [3.05, 3.63) is 70.9 Å². The van der Waals surface area contributed by atoms with Crippen molar-refractivity contribution in [2.24, 2.45) is 0 Å². The highest BCUT2D eigenvalue weighted by atomic mass is 19.4. The highest BCUT2D eigenvalue weighted by molar-refractivity contribution is 5.94. The average Bonchev–Trinajstić information content (AvgIpc) is 2.88. The van der Waals surface area contributed by atoms with E-state index >= 15 is 0 Å². The molecular formula is C17H13F4N3O. The molecule has 3 rings (SSSR count). The van der Waals surface area contributed by atoms with Crippen LogP contribution in [-0.4, -0.2) is 15.3 Å². The third kappa shape index (κ3) is 3.47. The number of amides is 1. The minimum absolute atomic E-state index is 0.0308. The van der Waals surface area contributed by atoms with Crippen LogP contribution < -0.4 is 5.32 Å². The normalized spacial score (nSPS) is 11.7. The number of benzene rings is 1. The third-order valence-corrected chi connectivity index (χ3v) is 3.70. The maximum absolute atomic E-state index is 12.9. The van der Waals surface area contributed by atoms with E-state index in [2.05, 4.69) is 10.3 Å². The Morgan fingerprint density at radius 2 is 1.84 bits per heavy atom. The third-order valence-electron chi connectivity index (χ3n) is 3.70. The lowest BCUT2D eigenvalue weighted by Gasteiger charge is -2.09. The van der Waals surface area contributed by atoms with Crippen LogP contribution in [0.5, 0.6) is 0 Å². The van der Waals surface area contributed by atoms with Gasteiger partial charge in [0.1, 0.15) is 17.2 Å². The summed E-state index contributed by atoms with van der Waals surface area (Å²) < 4.78 is 52.7. The first-order valence-corrected chi connectivity index (χ1v) is 7.34. The molecule has 0 radical (unpaired) electrons. The molecule has 0 bridgehead atoms. The molecule has 2 heterocycles. The second-order valence-electron chi connectivity index (χ2n) is 5.50. The van der Waals surface area contributed by atoms with Gasteiger partial charge in [-0.15, -0.1) is 0 Å². The van der Waals surface area contributed by atoms with Gasteiger partial charge < -0.3 is 5.32 Å². The molecule has 1 N–H and O–H groups in total. The summed E-state index contributed by atoms with van der Waals surface area (Å²) in [6.45, 7) is 1.66. The molecule has 0 saturated carbocycles. The molecule has 0 aliphatic carbocycles. The number of carbonyl (C=O) groups is 1. The molecule has 4 nitrogen and oxygen atoms in total. The zero-order valence-corrected chi connectivity index (χ0v) is 13.1. The summed E-state index contributed by atoms with van der Waals surface area (Å²) in [4.78, 5) is 16.5. The number of fused-ring (bicyclic) bond motifs is 1. The van der Waals surface area contributed by atoms with Crippen molar-refractivity contribution in [3.8, 4) is 0 Å². The van der Waals surface area contributed by atoms with Gasteiger partial charge in [-0.1, -0.05) is 12.1 Å². The summed E-state index contributed by atoms with van der Waals surface area (Å²) in [6, 6.07) is 7.68. The molecule has 1 amide bonds. The number of nitrogens with zero attached hydrogens (tertiary/aromatic N) is 2. The smallest absolute Gasteiger partial charge is 0.347 e. The minimum Gasteiger partial charge on any atom is -0.347 e. The number of halogens is 4. The second kappa shape index (κ2) is 6.19. The molecule has 3 aromatic rings. The van der Waals surface area contributed by atoms with E-state index in [1.54, 1.807) is 6.92 Å². The zero-order valence-electron chi connectivity index (χ0n) is 13.1. The molecule has 0 spiro atoms. The average molecular weight is 351 g/mol. The fourth-order valence-electron chi connectivity index (χ4n) is 2.47. The fraction of sp³-hybridized carbons (Fsp3) is 0.176. The van der Waals surface area contributed by atoms with Crippen molar-refractivity contribution in [2.75, 3.05) is 0 Å². The molecule has 1 aromatic carbocycles. The molecule has 0 aliphatic rings. The van der Waals surface area contributed by atoms with Gasteiger partial charge in [0, 0.05) is 12.7 Å². The first-order valence-electron chi connectivity index (χ1n) is 7.34. The van der Waals surface area contributed by atoms with Crippen LogP contribution in [0.1, 0.15) is 27.3 Å². The summed E-state index contributed by atoms with van der Waals surface area (Å²) in [7, 11) is 0. The van der Waals surface area contributed by atoms with Crippen molar-refractivity contribution in [3.63, 3.8) is 0 Å². The van der Waals surface area contributed by atoms with E-state index in [9.17, 15) is 22.4 Å². The van der Waals surface area contributed by atoms with Gasteiger partial charge in [-0.3, -0.25) is 9.20 Å². The first-order chi connectivity index (χ1) is 11.8. The highest BCUT2D eigenvalue weighted by Crippen LogP contribution is 2.29. The Bertz CT molecular complexity index is 929. The summed E-state index contributed by atoms with van der Waals surface area (Å²) in [6.07, 6.45) is -3.67. The van der Waals surface area contributed by atoms with Crippen LogP contribution in [0.3, 0.4) is 0 Å². The van der Waals surface area contributed by atoms with Crippen LogP contribution in [0, 0.1) is 12.7 Å². The number of pyridine rings is 1. The molecule has 8 heteroatoms. The standard InChI is InChI=1S/C17H13F4N3O/c1-10-15(16(25)22-8-11-2-5-13(18)6-3-11)24-9-12(17(19,20)21)4-7-14(24)23-10/h2-7,9H,8H2,1H3,(H,22,25). The fourth-order valence-corrected chi connectivity index (χ4v) is 2.47. The lowest BCUT2D eigenvalue weighted by atomic mass is 10.2. The van der Waals surface area contributed by atoms with Gasteiger partial charge in [0.15, 0.2) is 0 Å². The molecule has 0 saturated heterocycles. The lowest BCUT2D eigenvalue weighted by molar-refractivity contribution is -0.137. The molecule has 0 unspecified atom stereocenters. The Morgan fingerprint density at radius 3 is 2.48 bits per heavy atom. The van der Waals surface area contributed by atoms with E-state index in [0.717, 1.165) is 16.7 Å². The van der Waals surface area contributed by atoms with Crippen LogP contribution in [0.2, 0.25) is 0 Å². The van der Waals surface area contributed by atoms with Gasteiger partial charge >= 0.3 is 6.18 Å². The molecule has 0 atom stereocenters. The Kier molecular flexibility index (Phi) is 4.20. The van der Waals surface area contributed by atoms with E-state index in [0.29, 0.717) is 11.3 Å². The van der Waals surface area contributed by atoms with E-state index < -0.39 is 23.5 Å². The monoisotopic (exact) mass is 351 g/mol. The Balaban J connectivity index is 1.89. The van der Waals surface area contributed by atoms with E-state index in [-0.39, 0.29) is 17.9 Å². The maximum atomic E-state index is 12.9. The number of carbonyl (C=O) groups excluding carboxylic acids is 1. The number of hydrogen-bond acceptors (Lipinski definition) is 2. The number of imidazole rings is 1. The SMILES string of the molecule is Cc1nc2ccc(C(F)(F)F)cn2c1C(=O)NCc1ccc(F)cc1. The summed E-state index contributed by atoms with van der Waals surface area (Å²) in [5.74, 6) is -0.957. The van der Waals surface area contributed by atoms with E-state index in [1.165, 1.54) is 30.3 Å². The number of aromatic nitrogens is 2. The predicted molar refractivity (Wildman–Crippen MR) is 82.5 cm³/mol. The molecule has 2 aromatic heterocycles. The van der Waals surface area contributed by atoms with Crippen molar-refractivity contribution >= 4 is 11.6 Å². The van der Waals surface area contributed by atoms with Crippen LogP contribution in [0.15, 0.2) is 42.6 Å². The molecule has 0 aliphatic heterocycles. The second-order valence-corrected chi connectivity index (χ2v) is 5.50. The molecule has 0 fully saturated rings. The van der Waals surface area contributed by atoms with Crippen molar-refractivity contribution in [1.82, 2.24) is 14.7 Å². The number of alkyl halides is 3. The van der Waals surface area contributed by atoms with Crippen molar-refractivity contribution in [1.29, 1.82) is 0 Å². The van der Waals surface area contributed by atoms with Crippen LogP contribution in [-0.2, 0) is 12.7 Å². The minimum atomic E-state index is -4.52. The van der Waals surface area contributed by atoms with Crippen molar-refractivity contribution in [2.45, 2.75) is 19.6 Å². The first kappa shape index (κ1) is 16.9.